The van der Waals surface area contributed by atoms with Crippen LogP contribution in [0.15, 0.2) is 0 Å². The van der Waals surface area contributed by atoms with Crippen LogP contribution in [0.5, 0.6) is 0 Å². The van der Waals surface area contributed by atoms with Crippen molar-refractivity contribution >= 4 is 35.4 Å². The van der Waals surface area contributed by atoms with Crippen molar-refractivity contribution in [2.75, 3.05) is 39.5 Å². The molecule has 50 heavy (non-hydrogen) atoms. The fourth-order valence-electron chi connectivity index (χ4n) is 5.48. The SMILES string of the molecule is CC(C)(C)NCCCC1OCC2(COC(CCCNC(=O)C(CCC(=O)C(C)(C)C)NC(=O)CCCC(=O)ON3C(=O)CCC3=O)OC2)CO1. The maximum absolute atomic E-state index is 13.1. The molecule has 3 heterocycles. The fraction of sp³-hybridized carbons (Fsp3) is 0.829. The van der Waals surface area contributed by atoms with E-state index in [4.69, 9.17) is 23.8 Å². The fourth-order valence-corrected chi connectivity index (χ4v) is 5.48. The highest BCUT2D eigenvalue weighted by atomic mass is 16.7. The van der Waals surface area contributed by atoms with Crippen LogP contribution >= 0.6 is 0 Å². The molecule has 3 saturated heterocycles. The normalized spacial score (nSPS) is 23.5. The first kappa shape index (κ1) is 41.4. The summed E-state index contributed by atoms with van der Waals surface area (Å²) in [5, 5.41) is 9.45. The lowest BCUT2D eigenvalue weighted by molar-refractivity contribution is -0.304. The number of hydroxylamine groups is 2. The first-order chi connectivity index (χ1) is 23.5. The Kier molecular flexibility index (Phi) is 15.8. The Bertz CT molecular complexity index is 1160. The highest BCUT2D eigenvalue weighted by Gasteiger charge is 2.42. The van der Waals surface area contributed by atoms with Crippen LogP contribution in [0.25, 0.3) is 0 Å². The van der Waals surface area contributed by atoms with Crippen molar-refractivity contribution in [1.82, 2.24) is 21.0 Å². The summed E-state index contributed by atoms with van der Waals surface area (Å²) in [5.41, 5.74) is -0.854. The number of ketones is 1. The largest absolute Gasteiger partial charge is 0.354 e. The summed E-state index contributed by atoms with van der Waals surface area (Å²) in [6.45, 7) is 14.9. The Labute approximate surface area is 295 Å². The molecule has 3 N–H and O–H groups in total. The van der Waals surface area contributed by atoms with Gasteiger partial charge in [-0.15, -0.1) is 5.06 Å². The smallest absolute Gasteiger partial charge is 0.333 e. The lowest BCUT2D eigenvalue weighted by Gasteiger charge is -2.43. The zero-order valence-corrected chi connectivity index (χ0v) is 30.7. The first-order valence-electron chi connectivity index (χ1n) is 17.8. The Morgan fingerprint density at radius 2 is 1.34 bits per heavy atom. The maximum atomic E-state index is 13.1. The molecule has 0 saturated carbocycles. The third-order valence-corrected chi connectivity index (χ3v) is 8.62. The van der Waals surface area contributed by atoms with Crippen LogP contribution in [-0.2, 0) is 52.6 Å². The molecule has 284 valence electrons. The van der Waals surface area contributed by atoms with Gasteiger partial charge in [-0.3, -0.25) is 24.0 Å². The minimum absolute atomic E-state index is 0.0123. The molecule has 0 aromatic carbocycles. The molecule has 0 aromatic rings. The summed E-state index contributed by atoms with van der Waals surface area (Å²) < 4.78 is 23.9. The summed E-state index contributed by atoms with van der Waals surface area (Å²) in [4.78, 5) is 78.5. The monoisotopic (exact) mass is 710 g/mol. The third kappa shape index (κ3) is 14.3. The van der Waals surface area contributed by atoms with Crippen molar-refractivity contribution in [2.24, 2.45) is 10.8 Å². The molecule has 0 aliphatic carbocycles. The number of nitrogens with zero attached hydrogens (tertiary/aromatic N) is 1. The Morgan fingerprint density at radius 3 is 1.86 bits per heavy atom. The van der Waals surface area contributed by atoms with Gasteiger partial charge in [-0.2, -0.15) is 0 Å². The molecule has 0 aromatic heterocycles. The van der Waals surface area contributed by atoms with Gasteiger partial charge in [0, 0.05) is 56.0 Å². The lowest BCUT2D eigenvalue weighted by Crippen LogP contribution is -2.52. The standard InChI is InChI=1S/C35H58N4O11/c1-33(2,3)25(40)15-14-24(38-26(41)10-7-11-29(44)50-39-27(42)16-17-28(39)43)32(45)36-18-8-12-30-46-20-35(21-47-30)22-48-31(49-23-35)13-9-19-37-34(4,5)6/h24,30-31,37H,7-23H2,1-6H3,(H,36,45)(H,38,41). The summed E-state index contributed by atoms with van der Waals surface area (Å²) in [5.74, 6) is -2.92. The zero-order valence-electron chi connectivity index (χ0n) is 30.7. The summed E-state index contributed by atoms with van der Waals surface area (Å²) in [6, 6.07) is -0.951. The van der Waals surface area contributed by atoms with Crippen LogP contribution in [0.2, 0.25) is 0 Å². The summed E-state index contributed by atoms with van der Waals surface area (Å²) in [6.07, 6.45) is 2.19. The molecule has 4 amide bonds. The maximum Gasteiger partial charge on any atom is 0.333 e. The molecule has 1 atom stereocenters. The molecule has 0 bridgehead atoms. The molecule has 1 spiro atoms. The van der Waals surface area contributed by atoms with Crippen molar-refractivity contribution in [1.29, 1.82) is 0 Å². The van der Waals surface area contributed by atoms with Gasteiger partial charge >= 0.3 is 5.97 Å². The molecule has 1 unspecified atom stereocenters. The quantitative estimate of drug-likeness (QED) is 0.140. The number of carbonyl (C=O) groups is 6. The van der Waals surface area contributed by atoms with Crippen LogP contribution in [0, 0.1) is 10.8 Å². The summed E-state index contributed by atoms with van der Waals surface area (Å²) in [7, 11) is 0. The number of amides is 4. The number of nitrogens with one attached hydrogen (secondary N) is 3. The number of carbonyl (C=O) groups excluding carboxylic acids is 6. The Hall–Kier alpha value is -2.98. The van der Waals surface area contributed by atoms with Gasteiger partial charge < -0.3 is 39.7 Å². The van der Waals surface area contributed by atoms with Gasteiger partial charge in [0.05, 0.1) is 31.8 Å². The molecule has 3 aliphatic rings. The van der Waals surface area contributed by atoms with Crippen LogP contribution < -0.4 is 16.0 Å². The molecule has 15 nitrogen and oxygen atoms in total. The Balaban J connectivity index is 1.35. The predicted molar refractivity (Wildman–Crippen MR) is 180 cm³/mol. The van der Waals surface area contributed by atoms with E-state index < -0.39 is 47.3 Å². The van der Waals surface area contributed by atoms with Crippen molar-refractivity contribution in [3.05, 3.63) is 0 Å². The second-order valence-electron chi connectivity index (χ2n) is 15.6. The average molecular weight is 711 g/mol. The van der Waals surface area contributed by atoms with E-state index in [1.54, 1.807) is 20.8 Å². The van der Waals surface area contributed by atoms with Crippen LogP contribution in [0.4, 0.5) is 0 Å². The van der Waals surface area contributed by atoms with Crippen molar-refractivity contribution < 1.29 is 52.6 Å². The number of imide groups is 1. The zero-order chi connectivity index (χ0) is 37.0. The number of hydrogen-bond donors (Lipinski definition) is 3. The van der Waals surface area contributed by atoms with Crippen LogP contribution in [0.1, 0.15) is 112 Å². The van der Waals surface area contributed by atoms with Gasteiger partial charge in [-0.25, -0.2) is 4.79 Å². The van der Waals surface area contributed by atoms with Crippen molar-refractivity contribution in [3.8, 4) is 0 Å². The van der Waals surface area contributed by atoms with Gasteiger partial charge in [0.15, 0.2) is 12.6 Å². The molecule has 3 rings (SSSR count). The van der Waals surface area contributed by atoms with Gasteiger partial charge in [0.2, 0.25) is 11.8 Å². The molecule has 3 fully saturated rings. The number of ether oxygens (including phenoxy) is 4. The number of Topliss-reactive ketones (excluding diaryl/α,β-unsaturated/α-hetero) is 1. The minimum Gasteiger partial charge on any atom is -0.354 e. The summed E-state index contributed by atoms with van der Waals surface area (Å²) >= 11 is 0. The van der Waals surface area contributed by atoms with Crippen LogP contribution in [0.3, 0.4) is 0 Å². The second kappa shape index (κ2) is 19.0. The first-order valence-corrected chi connectivity index (χ1v) is 17.8. The molecular formula is C35H58N4O11. The van der Waals surface area contributed by atoms with Gasteiger partial charge in [-0.1, -0.05) is 20.8 Å². The van der Waals surface area contributed by atoms with Gasteiger partial charge in [0.25, 0.3) is 11.8 Å². The van der Waals surface area contributed by atoms with Crippen molar-refractivity contribution in [2.45, 2.75) is 136 Å². The topological polar surface area (TPSA) is 188 Å². The average Bonchev–Trinajstić information content (AvgIpc) is 3.36. The predicted octanol–water partition coefficient (Wildman–Crippen LogP) is 2.44. The van der Waals surface area contributed by atoms with Gasteiger partial charge in [0.1, 0.15) is 11.8 Å². The molecule has 3 aliphatic heterocycles. The molecular weight excluding hydrogens is 652 g/mol. The van der Waals surface area contributed by atoms with E-state index >= 15 is 0 Å². The molecule has 15 heteroatoms. The number of hydrogen-bond acceptors (Lipinski definition) is 12. The second-order valence-corrected chi connectivity index (χ2v) is 15.6. The molecule has 0 radical (unpaired) electrons. The van der Waals surface area contributed by atoms with E-state index in [-0.39, 0.29) is 68.0 Å². The highest BCUT2D eigenvalue weighted by molar-refractivity contribution is 6.01. The van der Waals surface area contributed by atoms with Crippen molar-refractivity contribution in [3.63, 3.8) is 0 Å². The van der Waals surface area contributed by atoms with E-state index in [0.717, 1.165) is 19.4 Å². The number of rotatable bonds is 18. The minimum atomic E-state index is -0.951. The van der Waals surface area contributed by atoms with E-state index in [0.29, 0.717) is 50.9 Å². The van der Waals surface area contributed by atoms with E-state index in [2.05, 4.69) is 36.7 Å². The van der Waals surface area contributed by atoms with E-state index in [9.17, 15) is 28.8 Å². The lowest BCUT2D eigenvalue weighted by atomic mass is 9.87. The van der Waals surface area contributed by atoms with E-state index in [1.807, 2.05) is 0 Å². The highest BCUT2D eigenvalue weighted by Crippen LogP contribution is 2.32. The third-order valence-electron chi connectivity index (χ3n) is 8.62. The Morgan fingerprint density at radius 1 is 0.800 bits per heavy atom. The van der Waals surface area contributed by atoms with Gasteiger partial charge in [-0.05, 0) is 59.4 Å². The van der Waals surface area contributed by atoms with E-state index in [1.165, 1.54) is 0 Å². The van der Waals surface area contributed by atoms with Crippen LogP contribution in [-0.4, -0.2) is 104 Å².